The van der Waals surface area contributed by atoms with E-state index >= 15 is 0 Å². The van der Waals surface area contributed by atoms with E-state index in [0.29, 0.717) is 22.4 Å². The summed E-state index contributed by atoms with van der Waals surface area (Å²) in [5.41, 5.74) is 0.655. The molecule has 0 amide bonds. The van der Waals surface area contributed by atoms with E-state index in [4.69, 9.17) is 18.5 Å². The van der Waals surface area contributed by atoms with Gasteiger partial charge in [0.2, 0.25) is 0 Å². The van der Waals surface area contributed by atoms with E-state index in [-0.39, 0.29) is 18.9 Å². The summed E-state index contributed by atoms with van der Waals surface area (Å²) in [6.45, 7) is 0.921. The molecule has 4 N–H and O–H groups in total. The number of esters is 1. The number of aliphatic hydroxyl groups excluding tert-OH is 2. The summed E-state index contributed by atoms with van der Waals surface area (Å²) in [6.07, 6.45) is -7.10. The van der Waals surface area contributed by atoms with Gasteiger partial charge in [0.05, 0.1) is 17.6 Å². The van der Waals surface area contributed by atoms with Crippen LogP contribution in [0.4, 0.5) is 19.0 Å². The Bertz CT molecular complexity index is 2020. The number of alkyl halides is 3. The van der Waals surface area contributed by atoms with Crippen molar-refractivity contribution in [3.8, 4) is 5.75 Å². The summed E-state index contributed by atoms with van der Waals surface area (Å²) in [5, 5.41) is 28.1. The second-order valence-electron chi connectivity index (χ2n) is 11.9. The number of hydrogen-bond acceptors (Lipinski definition) is 11. The van der Waals surface area contributed by atoms with Crippen LogP contribution in [0.15, 0.2) is 104 Å². The van der Waals surface area contributed by atoms with Crippen LogP contribution in [0.2, 0.25) is 0 Å². The first kappa shape index (κ1) is 36.9. The Morgan fingerprint density at radius 2 is 1.69 bits per heavy atom. The van der Waals surface area contributed by atoms with Gasteiger partial charge in [-0.2, -0.15) is 18.3 Å². The van der Waals surface area contributed by atoms with Crippen LogP contribution in [0.5, 0.6) is 5.75 Å². The van der Waals surface area contributed by atoms with Crippen LogP contribution in [0.1, 0.15) is 29.8 Å². The van der Waals surface area contributed by atoms with Crippen LogP contribution >= 0.6 is 7.75 Å². The molecule has 52 heavy (non-hydrogen) atoms. The molecule has 13 nitrogen and oxygen atoms in total. The summed E-state index contributed by atoms with van der Waals surface area (Å²) in [7, 11) is -4.34. The van der Waals surface area contributed by atoms with Crippen LogP contribution in [-0.2, 0) is 42.7 Å². The Morgan fingerprint density at radius 1 is 0.981 bits per heavy atom. The molecule has 1 unspecified atom stereocenters. The lowest BCUT2D eigenvalue weighted by atomic mass is 10.1. The quantitative estimate of drug-likeness (QED) is 0.0823. The van der Waals surface area contributed by atoms with Gasteiger partial charge < -0.3 is 34.1 Å². The van der Waals surface area contributed by atoms with E-state index in [0.717, 1.165) is 17.7 Å². The van der Waals surface area contributed by atoms with Crippen molar-refractivity contribution < 1.29 is 51.3 Å². The first-order valence-electron chi connectivity index (χ1n) is 16.1. The number of nitrogens with zero attached hydrogens (tertiary/aromatic N) is 3. The largest absolute Gasteiger partial charge is 0.460 e. The SMILES string of the molecule is C[C@H](NP(=O)(OC[C@H]1O[C@@H](n2ccc3c(NCc4cccc(C(F)(F)F)c4)ncnc32)[C@H](O)[C@@H]1O)Oc1ccccc1)C(=O)OCc1ccccc1. The van der Waals surface area contributed by atoms with Crippen molar-refractivity contribution in [2.24, 2.45) is 0 Å². The zero-order valence-corrected chi connectivity index (χ0v) is 28.5. The highest BCUT2D eigenvalue weighted by molar-refractivity contribution is 7.52. The number of aromatic nitrogens is 3. The highest BCUT2D eigenvalue weighted by Gasteiger charge is 2.46. The maximum Gasteiger partial charge on any atom is 0.459 e. The summed E-state index contributed by atoms with van der Waals surface area (Å²) in [6, 6.07) is 22.5. The summed E-state index contributed by atoms with van der Waals surface area (Å²) in [5.74, 6) is -0.234. The van der Waals surface area contributed by atoms with E-state index in [9.17, 15) is 32.7 Å². The summed E-state index contributed by atoms with van der Waals surface area (Å²) >= 11 is 0. The first-order chi connectivity index (χ1) is 24.9. The molecule has 1 aliphatic rings. The standard InChI is InChI=1S/C35H35F3N5O8P/c1-22(34(46)48-19-23-9-4-2-5-10-23)42-52(47,51-26-13-6-3-7-14-26)49-20-28-29(44)30(45)33(50-28)43-16-15-27-31(40-21-41-32(27)43)39-18-24-11-8-12-25(17-24)35(36,37)38/h2-17,21-22,28-30,33,44-45H,18-20H2,1H3,(H,42,47)(H,39,40,41)/t22-,28+,29+,30+,33+,52?/m0/s1. The predicted octanol–water partition coefficient (Wildman–Crippen LogP) is 5.61. The molecule has 0 saturated carbocycles. The molecule has 0 aliphatic carbocycles. The van der Waals surface area contributed by atoms with Crippen LogP contribution in [-0.4, -0.2) is 61.7 Å². The number of carbonyl (C=O) groups is 1. The Hall–Kier alpha value is -4.83. The van der Waals surface area contributed by atoms with E-state index < -0.39 is 62.6 Å². The third-order valence-corrected chi connectivity index (χ3v) is 9.79. The van der Waals surface area contributed by atoms with Gasteiger partial charge in [0.1, 0.15) is 54.5 Å². The Kier molecular flexibility index (Phi) is 11.2. The van der Waals surface area contributed by atoms with Gasteiger partial charge >= 0.3 is 19.9 Å². The van der Waals surface area contributed by atoms with E-state index in [1.165, 1.54) is 23.9 Å². The van der Waals surface area contributed by atoms with Crippen molar-refractivity contribution in [2.45, 2.75) is 56.8 Å². The highest BCUT2D eigenvalue weighted by atomic mass is 31.2. The highest BCUT2D eigenvalue weighted by Crippen LogP contribution is 2.46. The van der Waals surface area contributed by atoms with Gasteiger partial charge in [0.15, 0.2) is 6.23 Å². The third kappa shape index (κ3) is 8.78. The first-order valence-corrected chi connectivity index (χ1v) is 17.7. The number of fused-ring (bicyclic) bond motifs is 1. The average Bonchev–Trinajstić information content (AvgIpc) is 3.69. The van der Waals surface area contributed by atoms with Crippen molar-refractivity contribution >= 4 is 30.6 Å². The van der Waals surface area contributed by atoms with Crippen molar-refractivity contribution in [1.82, 2.24) is 19.6 Å². The molecule has 1 fully saturated rings. The van der Waals surface area contributed by atoms with Crippen LogP contribution in [0.3, 0.4) is 0 Å². The minimum absolute atomic E-state index is 0.00977. The lowest BCUT2D eigenvalue weighted by molar-refractivity contribution is -0.146. The number of rotatable bonds is 14. The monoisotopic (exact) mass is 741 g/mol. The molecular weight excluding hydrogens is 706 g/mol. The number of nitrogens with one attached hydrogen (secondary N) is 2. The number of ether oxygens (including phenoxy) is 2. The fourth-order valence-corrected chi connectivity index (χ4v) is 6.98. The van der Waals surface area contributed by atoms with Gasteiger partial charge in [-0.05, 0) is 48.4 Å². The van der Waals surface area contributed by atoms with Gasteiger partial charge in [0.25, 0.3) is 0 Å². The van der Waals surface area contributed by atoms with Crippen molar-refractivity contribution in [2.75, 3.05) is 11.9 Å². The number of hydrogen-bond donors (Lipinski definition) is 4. The molecule has 17 heteroatoms. The zero-order chi connectivity index (χ0) is 36.9. The van der Waals surface area contributed by atoms with Gasteiger partial charge in [-0.15, -0.1) is 0 Å². The maximum absolute atomic E-state index is 14.0. The molecule has 274 valence electrons. The van der Waals surface area contributed by atoms with Crippen LogP contribution < -0.4 is 14.9 Å². The lowest BCUT2D eigenvalue weighted by Crippen LogP contribution is -2.37. The summed E-state index contributed by atoms with van der Waals surface area (Å²) < 4.78 is 77.8. The minimum Gasteiger partial charge on any atom is -0.460 e. The molecule has 0 bridgehead atoms. The van der Waals surface area contributed by atoms with E-state index in [1.54, 1.807) is 72.9 Å². The fraction of sp³-hybridized carbons (Fsp3) is 0.286. The average molecular weight is 742 g/mol. The fourth-order valence-electron chi connectivity index (χ4n) is 5.48. The lowest BCUT2D eigenvalue weighted by Gasteiger charge is -2.24. The second kappa shape index (κ2) is 15.8. The van der Waals surface area contributed by atoms with Gasteiger partial charge in [-0.1, -0.05) is 60.7 Å². The van der Waals surface area contributed by atoms with Crippen LogP contribution in [0.25, 0.3) is 11.0 Å². The Labute approximate surface area is 295 Å². The molecule has 2 aromatic heterocycles. The molecule has 3 aromatic carbocycles. The number of aliphatic hydroxyl groups is 2. The summed E-state index contributed by atoms with van der Waals surface area (Å²) in [4.78, 5) is 21.3. The molecule has 1 saturated heterocycles. The van der Waals surface area contributed by atoms with Crippen molar-refractivity contribution in [1.29, 1.82) is 0 Å². The molecule has 6 rings (SSSR count). The van der Waals surface area contributed by atoms with Gasteiger partial charge in [-0.25, -0.2) is 14.5 Å². The maximum atomic E-state index is 14.0. The minimum atomic E-state index is -4.48. The Balaban J connectivity index is 1.13. The second-order valence-corrected chi connectivity index (χ2v) is 13.6. The molecule has 1 aliphatic heterocycles. The molecule has 6 atom stereocenters. The van der Waals surface area contributed by atoms with Crippen LogP contribution in [0, 0.1) is 0 Å². The Morgan fingerprint density at radius 3 is 2.42 bits per heavy atom. The number of anilines is 1. The van der Waals surface area contributed by atoms with E-state index in [1.807, 2.05) is 6.07 Å². The normalized spacial score (nSPS) is 20.7. The topological polar surface area (TPSA) is 166 Å². The molecule has 3 heterocycles. The molecule has 5 aromatic rings. The smallest absolute Gasteiger partial charge is 0.459 e. The third-order valence-electron chi connectivity index (χ3n) is 8.14. The molecule has 0 radical (unpaired) electrons. The number of halogens is 3. The van der Waals surface area contributed by atoms with E-state index in [2.05, 4.69) is 20.4 Å². The molecule has 0 spiro atoms. The number of para-hydroxylation sites is 1. The van der Waals surface area contributed by atoms with Gasteiger partial charge in [-0.3, -0.25) is 9.32 Å². The molecular formula is C35H35F3N5O8P. The number of carbonyl (C=O) groups excluding carboxylic acids is 1. The van der Waals surface area contributed by atoms with Crippen molar-refractivity contribution in [3.63, 3.8) is 0 Å². The van der Waals surface area contributed by atoms with Gasteiger partial charge in [0, 0.05) is 12.7 Å². The number of benzene rings is 3. The predicted molar refractivity (Wildman–Crippen MR) is 182 cm³/mol. The zero-order valence-electron chi connectivity index (χ0n) is 27.6. The van der Waals surface area contributed by atoms with Crippen molar-refractivity contribution in [3.05, 3.63) is 120 Å².